The zero-order chi connectivity index (χ0) is 17.5. The Labute approximate surface area is 150 Å². The summed E-state index contributed by atoms with van der Waals surface area (Å²) in [4.78, 5) is 21.9. The third kappa shape index (κ3) is 2.49. The molecule has 0 bridgehead atoms. The van der Waals surface area contributed by atoms with Gasteiger partial charge < -0.3 is 0 Å². The number of carbonyl (C=O) groups is 1. The highest BCUT2D eigenvalue weighted by Gasteiger charge is 2.28. The van der Waals surface area contributed by atoms with E-state index in [1.54, 1.807) is 10.7 Å². The number of rotatable bonds is 2. The van der Waals surface area contributed by atoms with Crippen LogP contribution in [0, 0.1) is 0 Å². The molecular weight excluding hydrogens is 324 g/mol. The molecule has 0 saturated heterocycles. The van der Waals surface area contributed by atoms with E-state index >= 15 is 0 Å². The van der Waals surface area contributed by atoms with Gasteiger partial charge in [0.1, 0.15) is 0 Å². The molecule has 0 saturated carbocycles. The van der Waals surface area contributed by atoms with E-state index < -0.39 is 0 Å². The fourth-order valence-electron chi connectivity index (χ4n) is 3.55. The number of carbonyl (C=O) groups excluding carboxylic acids is 1. The van der Waals surface area contributed by atoms with E-state index in [0.717, 1.165) is 17.7 Å². The summed E-state index contributed by atoms with van der Waals surface area (Å²) in [5, 5.41) is 4.49. The quantitative estimate of drug-likeness (QED) is 0.558. The van der Waals surface area contributed by atoms with Crippen LogP contribution in [-0.2, 0) is 6.42 Å². The summed E-state index contributed by atoms with van der Waals surface area (Å²) >= 11 is 0. The molecule has 0 aliphatic heterocycles. The lowest BCUT2D eigenvalue weighted by Crippen LogP contribution is -2.21. The zero-order valence-electron chi connectivity index (χ0n) is 14.0. The first-order valence-corrected chi connectivity index (χ1v) is 8.68. The van der Waals surface area contributed by atoms with Crippen LogP contribution in [0.25, 0.3) is 17.2 Å². The van der Waals surface area contributed by atoms with Gasteiger partial charge in [0, 0.05) is 18.2 Å². The summed E-state index contributed by atoms with van der Waals surface area (Å²) in [5.74, 6) is 1.44. The van der Waals surface area contributed by atoms with Crippen LogP contribution < -0.4 is 0 Å². The minimum atomic E-state index is 0.117. The fraction of sp³-hybridized carbons (Fsp3) is 0.143. The Morgan fingerprint density at radius 1 is 0.885 bits per heavy atom. The van der Waals surface area contributed by atoms with E-state index in [0.29, 0.717) is 23.6 Å². The molecule has 0 radical (unpaired) electrons. The molecule has 0 fully saturated rings. The summed E-state index contributed by atoms with van der Waals surface area (Å²) in [6.07, 6.45) is 3.03. The van der Waals surface area contributed by atoms with Gasteiger partial charge in [-0.3, -0.25) is 4.79 Å². The maximum atomic E-state index is 12.7. The molecule has 2 heterocycles. The molecule has 2 aromatic carbocycles. The highest BCUT2D eigenvalue weighted by Crippen LogP contribution is 2.32. The molecule has 0 spiro atoms. The molecule has 1 aliphatic carbocycles. The summed E-state index contributed by atoms with van der Waals surface area (Å²) in [5.41, 5.74) is 3.59. The van der Waals surface area contributed by atoms with E-state index in [1.807, 2.05) is 48.5 Å². The van der Waals surface area contributed by atoms with Crippen LogP contribution in [0.4, 0.5) is 0 Å². The monoisotopic (exact) mass is 340 g/mol. The van der Waals surface area contributed by atoms with Crippen LogP contribution in [0.3, 0.4) is 0 Å². The average molecular weight is 340 g/mol. The van der Waals surface area contributed by atoms with Gasteiger partial charge in [-0.1, -0.05) is 60.7 Å². The van der Waals surface area contributed by atoms with Crippen molar-refractivity contribution in [2.24, 2.45) is 0 Å². The molecule has 4 aromatic rings. The topological polar surface area (TPSA) is 60.2 Å². The number of hydrogen-bond acceptors (Lipinski definition) is 4. The van der Waals surface area contributed by atoms with Gasteiger partial charge >= 0.3 is 0 Å². The normalized spacial score (nSPS) is 16.6. The largest absolute Gasteiger partial charge is 0.294 e. The second-order valence-corrected chi connectivity index (χ2v) is 6.59. The Kier molecular flexibility index (Phi) is 3.38. The van der Waals surface area contributed by atoms with Crippen molar-refractivity contribution < 1.29 is 4.79 Å². The Bertz CT molecular complexity index is 1100. The number of nitrogens with zero attached hydrogens (tertiary/aromatic N) is 4. The Hall–Kier alpha value is -3.34. The maximum absolute atomic E-state index is 12.7. The zero-order valence-corrected chi connectivity index (χ0v) is 14.0. The first-order valence-electron chi connectivity index (χ1n) is 8.68. The van der Waals surface area contributed by atoms with Crippen LogP contribution in [0.1, 0.15) is 34.0 Å². The molecule has 5 nitrogen and oxygen atoms in total. The van der Waals surface area contributed by atoms with Gasteiger partial charge in [-0.15, -0.1) is 5.10 Å². The van der Waals surface area contributed by atoms with Gasteiger partial charge in [0.2, 0.25) is 0 Å². The van der Waals surface area contributed by atoms with Crippen molar-refractivity contribution in [3.63, 3.8) is 0 Å². The Morgan fingerprint density at radius 3 is 2.38 bits per heavy atom. The SMILES string of the molecule is O=C1C[C@H](c2ccccc2)Cc2nc3nc(-c4ccccc4)nn3cc21. The molecule has 2 aromatic heterocycles. The van der Waals surface area contributed by atoms with Gasteiger partial charge in [-0.25, -0.2) is 9.50 Å². The van der Waals surface area contributed by atoms with E-state index in [-0.39, 0.29) is 11.7 Å². The van der Waals surface area contributed by atoms with Crippen LogP contribution >= 0.6 is 0 Å². The molecule has 5 rings (SSSR count). The summed E-state index contributed by atoms with van der Waals surface area (Å²) in [7, 11) is 0. The minimum absolute atomic E-state index is 0.117. The molecule has 1 atom stereocenters. The van der Waals surface area contributed by atoms with Crippen molar-refractivity contribution in [1.29, 1.82) is 0 Å². The molecule has 26 heavy (non-hydrogen) atoms. The van der Waals surface area contributed by atoms with Crippen molar-refractivity contribution >= 4 is 11.6 Å². The van der Waals surface area contributed by atoms with Gasteiger partial charge in [0.15, 0.2) is 11.6 Å². The van der Waals surface area contributed by atoms with Gasteiger partial charge in [0.25, 0.3) is 5.78 Å². The molecule has 5 heteroatoms. The van der Waals surface area contributed by atoms with Crippen LogP contribution in [0.5, 0.6) is 0 Å². The third-order valence-corrected chi connectivity index (χ3v) is 4.89. The molecular formula is C21H16N4O. The van der Waals surface area contributed by atoms with E-state index in [1.165, 1.54) is 5.56 Å². The number of hydrogen-bond donors (Lipinski definition) is 0. The summed E-state index contributed by atoms with van der Waals surface area (Å²) in [6.45, 7) is 0. The fourth-order valence-corrected chi connectivity index (χ4v) is 3.55. The summed E-state index contributed by atoms with van der Waals surface area (Å²) < 4.78 is 1.61. The maximum Gasteiger partial charge on any atom is 0.252 e. The van der Waals surface area contributed by atoms with Crippen molar-refractivity contribution in [1.82, 2.24) is 19.6 Å². The van der Waals surface area contributed by atoms with E-state index in [2.05, 4.69) is 27.2 Å². The lowest BCUT2D eigenvalue weighted by molar-refractivity contribution is 0.0962. The standard InChI is InChI=1S/C21H16N4O/c26-19-12-16(14-7-3-1-4-8-14)11-18-17(19)13-25-21(22-18)23-20(24-25)15-9-5-2-6-10-15/h1-10,13,16H,11-12H2/t16-/m1/s1. The Morgan fingerprint density at radius 2 is 1.62 bits per heavy atom. The number of ketones is 1. The Balaban J connectivity index is 1.57. The van der Waals surface area contributed by atoms with Crippen molar-refractivity contribution in [2.45, 2.75) is 18.8 Å². The predicted octanol–water partition coefficient (Wildman–Crippen LogP) is 3.70. The molecule has 0 N–H and O–H groups in total. The first-order chi connectivity index (χ1) is 12.8. The molecule has 0 amide bonds. The van der Waals surface area contributed by atoms with Crippen LogP contribution in [0.15, 0.2) is 66.9 Å². The van der Waals surface area contributed by atoms with Crippen LogP contribution in [-0.4, -0.2) is 25.4 Å². The van der Waals surface area contributed by atoms with Gasteiger partial charge in [-0.05, 0) is 17.9 Å². The highest BCUT2D eigenvalue weighted by atomic mass is 16.1. The molecule has 1 aliphatic rings. The second kappa shape index (κ2) is 5.88. The first kappa shape index (κ1) is 15.0. The number of Topliss-reactive ketones (excluding diaryl/α,β-unsaturated/α-hetero) is 1. The smallest absolute Gasteiger partial charge is 0.252 e. The summed E-state index contributed by atoms with van der Waals surface area (Å²) in [6, 6.07) is 20.0. The average Bonchev–Trinajstić information content (AvgIpc) is 3.11. The number of benzene rings is 2. The number of aromatic nitrogens is 4. The highest BCUT2D eigenvalue weighted by molar-refractivity contribution is 5.98. The van der Waals surface area contributed by atoms with Gasteiger partial charge in [-0.2, -0.15) is 4.98 Å². The van der Waals surface area contributed by atoms with Crippen molar-refractivity contribution in [3.05, 3.63) is 83.7 Å². The third-order valence-electron chi connectivity index (χ3n) is 4.89. The van der Waals surface area contributed by atoms with Crippen molar-refractivity contribution in [2.75, 3.05) is 0 Å². The van der Waals surface area contributed by atoms with Crippen molar-refractivity contribution in [3.8, 4) is 11.4 Å². The molecule has 0 unspecified atom stereocenters. The minimum Gasteiger partial charge on any atom is -0.294 e. The molecule has 126 valence electrons. The van der Waals surface area contributed by atoms with Crippen LogP contribution in [0.2, 0.25) is 0 Å². The van der Waals surface area contributed by atoms with Gasteiger partial charge in [0.05, 0.1) is 11.3 Å². The van der Waals surface area contributed by atoms with E-state index in [9.17, 15) is 4.79 Å². The van der Waals surface area contributed by atoms with E-state index in [4.69, 9.17) is 0 Å². The predicted molar refractivity (Wildman–Crippen MR) is 98.1 cm³/mol. The second-order valence-electron chi connectivity index (χ2n) is 6.59. The number of fused-ring (bicyclic) bond motifs is 2. The lowest BCUT2D eigenvalue weighted by atomic mass is 9.82. The lowest BCUT2D eigenvalue weighted by Gasteiger charge is -2.22.